The third-order valence-electron chi connectivity index (χ3n) is 2.32. The number of thioether (sulfide) groups is 1. The molecule has 13 heavy (non-hydrogen) atoms. The first-order chi connectivity index (χ1) is 6.18. The third kappa shape index (κ3) is 4.89. The van der Waals surface area contributed by atoms with E-state index in [0.29, 0.717) is 6.10 Å². The summed E-state index contributed by atoms with van der Waals surface area (Å²) in [4.78, 5) is 0. The quantitative estimate of drug-likeness (QED) is 0.714. The van der Waals surface area contributed by atoms with Gasteiger partial charge < -0.3 is 9.84 Å². The minimum Gasteiger partial charge on any atom is -0.383 e. The zero-order valence-electron chi connectivity index (χ0n) is 8.53. The number of aliphatic hydroxyl groups is 1. The van der Waals surface area contributed by atoms with Gasteiger partial charge in [0.2, 0.25) is 0 Å². The fourth-order valence-electron chi connectivity index (χ4n) is 1.78. The monoisotopic (exact) mass is 204 g/mol. The second-order valence-electron chi connectivity index (χ2n) is 3.70. The topological polar surface area (TPSA) is 29.5 Å². The maximum atomic E-state index is 9.14. The van der Waals surface area contributed by atoms with E-state index in [1.54, 1.807) is 6.92 Å². The first-order valence-electron chi connectivity index (χ1n) is 5.17. The summed E-state index contributed by atoms with van der Waals surface area (Å²) in [7, 11) is 0. The van der Waals surface area contributed by atoms with E-state index in [1.165, 1.54) is 43.9 Å². The van der Waals surface area contributed by atoms with Crippen molar-refractivity contribution < 1.29 is 9.84 Å². The molecule has 0 saturated heterocycles. The van der Waals surface area contributed by atoms with Crippen LogP contribution in [-0.2, 0) is 4.74 Å². The molecule has 1 saturated carbocycles. The van der Waals surface area contributed by atoms with Gasteiger partial charge in [-0.1, -0.05) is 31.0 Å². The zero-order valence-corrected chi connectivity index (χ0v) is 9.35. The second-order valence-corrected chi connectivity index (χ2v) is 5.32. The van der Waals surface area contributed by atoms with Crippen LogP contribution < -0.4 is 0 Å². The highest BCUT2D eigenvalue weighted by atomic mass is 32.2. The molecule has 0 aromatic carbocycles. The van der Waals surface area contributed by atoms with Crippen molar-refractivity contribution in [1.29, 1.82) is 0 Å². The average molecular weight is 204 g/mol. The van der Waals surface area contributed by atoms with Crippen molar-refractivity contribution in [2.75, 3.05) is 0 Å². The number of hydrogen-bond acceptors (Lipinski definition) is 3. The van der Waals surface area contributed by atoms with Gasteiger partial charge in [0.05, 0.1) is 11.5 Å². The molecule has 0 amide bonds. The summed E-state index contributed by atoms with van der Waals surface area (Å²) < 4.78 is 5.81. The van der Waals surface area contributed by atoms with Crippen LogP contribution in [0.5, 0.6) is 0 Å². The van der Waals surface area contributed by atoms with Crippen LogP contribution in [0.2, 0.25) is 0 Å². The lowest BCUT2D eigenvalue weighted by molar-refractivity contribution is 0.0189. The molecule has 0 radical (unpaired) electrons. The molecule has 0 aromatic heterocycles. The SMILES string of the molecule is CC(O)SC(C)OC1CCCCC1. The molecule has 0 aliphatic heterocycles. The highest BCUT2D eigenvalue weighted by Gasteiger charge is 2.17. The van der Waals surface area contributed by atoms with E-state index in [-0.39, 0.29) is 10.9 Å². The summed E-state index contributed by atoms with van der Waals surface area (Å²) in [5.41, 5.74) is -0.193. The van der Waals surface area contributed by atoms with Crippen molar-refractivity contribution in [2.45, 2.75) is 62.9 Å². The molecule has 0 spiro atoms. The second kappa shape index (κ2) is 5.89. The van der Waals surface area contributed by atoms with Crippen LogP contribution in [0.1, 0.15) is 46.0 Å². The molecular formula is C10H20O2S. The number of hydrogen-bond donors (Lipinski definition) is 1. The minimum atomic E-state index is -0.321. The Morgan fingerprint density at radius 3 is 2.38 bits per heavy atom. The van der Waals surface area contributed by atoms with E-state index < -0.39 is 0 Å². The molecule has 1 fully saturated rings. The van der Waals surface area contributed by atoms with Crippen molar-refractivity contribution in [1.82, 2.24) is 0 Å². The molecule has 0 aromatic rings. The Morgan fingerprint density at radius 2 is 1.85 bits per heavy atom. The van der Waals surface area contributed by atoms with Crippen molar-refractivity contribution >= 4 is 11.8 Å². The molecule has 1 aliphatic carbocycles. The number of aliphatic hydroxyl groups excluding tert-OH is 1. The van der Waals surface area contributed by atoms with E-state index in [4.69, 9.17) is 9.84 Å². The van der Waals surface area contributed by atoms with Crippen molar-refractivity contribution in [2.24, 2.45) is 0 Å². The summed E-state index contributed by atoms with van der Waals surface area (Å²) >= 11 is 1.48. The molecule has 0 bridgehead atoms. The van der Waals surface area contributed by atoms with Crippen LogP contribution in [0.4, 0.5) is 0 Å². The molecule has 1 N–H and O–H groups in total. The highest BCUT2D eigenvalue weighted by molar-refractivity contribution is 8.00. The van der Waals surface area contributed by atoms with Gasteiger partial charge in [0.1, 0.15) is 5.44 Å². The summed E-state index contributed by atoms with van der Waals surface area (Å²) in [6.07, 6.45) is 6.80. The molecule has 2 unspecified atom stereocenters. The zero-order chi connectivity index (χ0) is 9.68. The van der Waals surface area contributed by atoms with E-state index in [2.05, 4.69) is 0 Å². The summed E-state index contributed by atoms with van der Waals surface area (Å²) in [5, 5.41) is 9.14. The Balaban J connectivity index is 2.14. The Bertz CT molecular complexity index is 133. The fraction of sp³-hybridized carbons (Fsp3) is 1.00. The molecule has 0 heterocycles. The predicted octanol–water partition coefficient (Wildman–Crippen LogP) is 2.75. The minimum absolute atomic E-state index is 0.128. The van der Waals surface area contributed by atoms with Crippen LogP contribution >= 0.6 is 11.8 Å². The Hall–Kier alpha value is 0.270. The Morgan fingerprint density at radius 1 is 1.23 bits per heavy atom. The van der Waals surface area contributed by atoms with Gasteiger partial charge in [-0.2, -0.15) is 0 Å². The molecule has 1 aliphatic rings. The maximum absolute atomic E-state index is 9.14. The lowest BCUT2D eigenvalue weighted by Crippen LogP contribution is -2.21. The van der Waals surface area contributed by atoms with Crippen LogP contribution in [-0.4, -0.2) is 22.1 Å². The van der Waals surface area contributed by atoms with Gasteiger partial charge in [-0.15, -0.1) is 0 Å². The van der Waals surface area contributed by atoms with Gasteiger partial charge in [-0.05, 0) is 26.7 Å². The van der Waals surface area contributed by atoms with Gasteiger partial charge in [-0.25, -0.2) is 0 Å². The first-order valence-corrected chi connectivity index (χ1v) is 6.12. The van der Waals surface area contributed by atoms with Gasteiger partial charge in [0, 0.05) is 0 Å². The molecule has 1 rings (SSSR count). The van der Waals surface area contributed by atoms with Crippen molar-refractivity contribution in [3.63, 3.8) is 0 Å². The molecule has 3 heteroatoms. The van der Waals surface area contributed by atoms with E-state index in [9.17, 15) is 0 Å². The summed E-state index contributed by atoms with van der Waals surface area (Å²) in [6.45, 7) is 3.80. The average Bonchev–Trinajstić information content (AvgIpc) is 2.04. The van der Waals surface area contributed by atoms with Crippen LogP contribution in [0.15, 0.2) is 0 Å². The van der Waals surface area contributed by atoms with Crippen molar-refractivity contribution in [3.05, 3.63) is 0 Å². The standard InChI is InChI=1S/C10H20O2S/c1-8(11)13-9(2)12-10-6-4-3-5-7-10/h8-11H,3-7H2,1-2H3. The largest absolute Gasteiger partial charge is 0.383 e. The lowest BCUT2D eigenvalue weighted by atomic mass is 9.98. The molecule has 78 valence electrons. The van der Waals surface area contributed by atoms with Crippen LogP contribution in [0.3, 0.4) is 0 Å². The Kier molecular flexibility index (Phi) is 5.14. The number of rotatable bonds is 4. The third-order valence-corrected chi connectivity index (χ3v) is 3.21. The Labute approximate surface area is 85.0 Å². The van der Waals surface area contributed by atoms with Gasteiger partial charge in [0.25, 0.3) is 0 Å². The highest BCUT2D eigenvalue weighted by Crippen LogP contribution is 2.25. The van der Waals surface area contributed by atoms with E-state index in [0.717, 1.165) is 0 Å². The van der Waals surface area contributed by atoms with Gasteiger partial charge >= 0.3 is 0 Å². The summed E-state index contributed by atoms with van der Waals surface area (Å²) in [6, 6.07) is 0. The van der Waals surface area contributed by atoms with Crippen LogP contribution in [0.25, 0.3) is 0 Å². The lowest BCUT2D eigenvalue weighted by Gasteiger charge is -2.25. The summed E-state index contributed by atoms with van der Waals surface area (Å²) in [5.74, 6) is 0. The van der Waals surface area contributed by atoms with Gasteiger partial charge in [-0.3, -0.25) is 0 Å². The maximum Gasteiger partial charge on any atom is 0.103 e. The first kappa shape index (κ1) is 11.3. The van der Waals surface area contributed by atoms with Crippen molar-refractivity contribution in [3.8, 4) is 0 Å². The predicted molar refractivity (Wildman–Crippen MR) is 56.7 cm³/mol. The van der Waals surface area contributed by atoms with E-state index in [1.807, 2.05) is 6.92 Å². The van der Waals surface area contributed by atoms with Gasteiger partial charge in [0.15, 0.2) is 0 Å². The molecular weight excluding hydrogens is 184 g/mol. The molecule has 2 atom stereocenters. The fourth-order valence-corrected chi connectivity index (χ4v) is 2.56. The normalized spacial score (nSPS) is 24.2. The number of ether oxygens (including phenoxy) is 1. The smallest absolute Gasteiger partial charge is 0.103 e. The molecule has 2 nitrogen and oxygen atoms in total. The van der Waals surface area contributed by atoms with Crippen LogP contribution in [0, 0.1) is 0 Å². The van der Waals surface area contributed by atoms with E-state index >= 15 is 0 Å².